The van der Waals surface area contributed by atoms with Gasteiger partial charge in [0.15, 0.2) is 0 Å². The normalized spacial score (nSPS) is 28.2. The van der Waals surface area contributed by atoms with E-state index in [0.717, 1.165) is 32.4 Å². The average Bonchev–Trinajstić information content (AvgIpc) is 2.11. The number of hydrogen-bond acceptors (Lipinski definition) is 3. The van der Waals surface area contributed by atoms with Crippen molar-refractivity contribution in [2.24, 2.45) is 0 Å². The largest absolute Gasteiger partial charge is 0.449 e. The van der Waals surface area contributed by atoms with Crippen LogP contribution in [0.3, 0.4) is 0 Å². The van der Waals surface area contributed by atoms with E-state index in [4.69, 9.17) is 4.74 Å². The molecule has 0 unspecified atom stereocenters. The molecule has 2 saturated heterocycles. The third kappa shape index (κ3) is 1.77. The van der Waals surface area contributed by atoms with Crippen LogP contribution in [0.4, 0.5) is 4.79 Å². The SMILES string of the molecule is CN1CCC2(CCOC(=O)N2)CC1. The van der Waals surface area contributed by atoms with Gasteiger partial charge in [0.2, 0.25) is 0 Å². The van der Waals surface area contributed by atoms with Crippen molar-refractivity contribution in [2.45, 2.75) is 24.8 Å². The molecule has 0 aromatic heterocycles. The van der Waals surface area contributed by atoms with Crippen LogP contribution < -0.4 is 5.32 Å². The van der Waals surface area contributed by atoms with Gasteiger partial charge in [-0.3, -0.25) is 0 Å². The van der Waals surface area contributed by atoms with Crippen LogP contribution in [0.5, 0.6) is 0 Å². The summed E-state index contributed by atoms with van der Waals surface area (Å²) in [5.41, 5.74) is 0.0435. The maximum atomic E-state index is 11.1. The second-order valence-electron chi connectivity index (χ2n) is 4.09. The van der Waals surface area contributed by atoms with Crippen LogP contribution in [0.15, 0.2) is 0 Å². The molecule has 2 aliphatic rings. The van der Waals surface area contributed by atoms with Crippen molar-refractivity contribution < 1.29 is 9.53 Å². The second kappa shape index (κ2) is 3.18. The fraction of sp³-hybridized carbons (Fsp3) is 0.889. The monoisotopic (exact) mass is 184 g/mol. The zero-order valence-corrected chi connectivity index (χ0v) is 8.01. The Kier molecular flexibility index (Phi) is 2.15. The molecule has 2 aliphatic heterocycles. The summed E-state index contributed by atoms with van der Waals surface area (Å²) in [5.74, 6) is 0. The van der Waals surface area contributed by atoms with E-state index in [1.165, 1.54) is 0 Å². The van der Waals surface area contributed by atoms with Crippen LogP contribution >= 0.6 is 0 Å². The third-order valence-electron chi connectivity index (χ3n) is 3.13. The molecule has 0 saturated carbocycles. The number of nitrogens with one attached hydrogen (secondary N) is 1. The molecule has 0 aliphatic carbocycles. The van der Waals surface area contributed by atoms with E-state index in [0.29, 0.717) is 6.61 Å². The number of alkyl carbamates (subject to hydrolysis) is 1. The quantitative estimate of drug-likeness (QED) is 0.598. The van der Waals surface area contributed by atoms with Crippen molar-refractivity contribution in [3.8, 4) is 0 Å². The minimum absolute atomic E-state index is 0.0435. The van der Waals surface area contributed by atoms with E-state index in [2.05, 4.69) is 17.3 Å². The number of carbonyl (C=O) groups excluding carboxylic acids is 1. The minimum atomic E-state index is -0.240. The summed E-state index contributed by atoms with van der Waals surface area (Å²) in [6.07, 6.45) is 2.83. The summed E-state index contributed by atoms with van der Waals surface area (Å²) in [6.45, 7) is 2.72. The first-order valence-electron chi connectivity index (χ1n) is 4.84. The van der Waals surface area contributed by atoms with E-state index >= 15 is 0 Å². The lowest BCUT2D eigenvalue weighted by molar-refractivity contribution is 0.0578. The van der Waals surface area contributed by atoms with Gasteiger partial charge in [-0.15, -0.1) is 0 Å². The topological polar surface area (TPSA) is 41.6 Å². The maximum Gasteiger partial charge on any atom is 0.407 e. The third-order valence-corrected chi connectivity index (χ3v) is 3.13. The number of nitrogens with zero attached hydrogens (tertiary/aromatic N) is 1. The van der Waals surface area contributed by atoms with E-state index in [-0.39, 0.29) is 11.6 Å². The van der Waals surface area contributed by atoms with Crippen molar-refractivity contribution in [1.82, 2.24) is 10.2 Å². The molecule has 1 spiro atoms. The Labute approximate surface area is 78.2 Å². The highest BCUT2D eigenvalue weighted by Gasteiger charge is 2.38. The predicted molar refractivity (Wildman–Crippen MR) is 48.6 cm³/mol. The first-order chi connectivity index (χ1) is 6.20. The van der Waals surface area contributed by atoms with Gasteiger partial charge in [0.25, 0.3) is 0 Å². The maximum absolute atomic E-state index is 11.1. The minimum Gasteiger partial charge on any atom is -0.449 e. The van der Waals surface area contributed by atoms with Crippen molar-refractivity contribution in [1.29, 1.82) is 0 Å². The molecule has 0 radical (unpaired) electrons. The summed E-state index contributed by atoms with van der Waals surface area (Å²) in [4.78, 5) is 13.4. The lowest BCUT2D eigenvalue weighted by atomic mass is 9.84. The van der Waals surface area contributed by atoms with Gasteiger partial charge in [0.05, 0.1) is 6.61 Å². The van der Waals surface area contributed by atoms with Crippen molar-refractivity contribution >= 4 is 6.09 Å². The Morgan fingerprint density at radius 1 is 1.38 bits per heavy atom. The summed E-state index contributed by atoms with van der Waals surface area (Å²) >= 11 is 0. The van der Waals surface area contributed by atoms with Crippen LogP contribution in [-0.2, 0) is 4.74 Å². The number of ether oxygens (including phenoxy) is 1. The van der Waals surface area contributed by atoms with Crippen molar-refractivity contribution in [2.75, 3.05) is 26.7 Å². The molecular weight excluding hydrogens is 168 g/mol. The fourth-order valence-corrected chi connectivity index (χ4v) is 2.08. The van der Waals surface area contributed by atoms with Crippen LogP contribution in [-0.4, -0.2) is 43.3 Å². The van der Waals surface area contributed by atoms with E-state index in [1.54, 1.807) is 0 Å². The molecule has 4 nitrogen and oxygen atoms in total. The predicted octanol–water partition coefficient (Wildman–Crippen LogP) is 0.581. The Bertz CT molecular complexity index is 210. The number of rotatable bonds is 0. The summed E-state index contributed by atoms with van der Waals surface area (Å²) in [7, 11) is 2.12. The van der Waals surface area contributed by atoms with E-state index < -0.39 is 0 Å². The number of cyclic esters (lactones) is 1. The van der Waals surface area contributed by atoms with Crippen molar-refractivity contribution in [3.63, 3.8) is 0 Å². The molecular formula is C9H16N2O2. The van der Waals surface area contributed by atoms with Gasteiger partial charge >= 0.3 is 6.09 Å². The van der Waals surface area contributed by atoms with E-state index in [9.17, 15) is 4.79 Å². The van der Waals surface area contributed by atoms with Crippen LogP contribution in [0.25, 0.3) is 0 Å². The number of piperidine rings is 1. The Morgan fingerprint density at radius 3 is 2.69 bits per heavy atom. The first kappa shape index (κ1) is 8.81. The molecule has 0 aromatic carbocycles. The van der Waals surface area contributed by atoms with Gasteiger partial charge in [0.1, 0.15) is 0 Å². The fourth-order valence-electron chi connectivity index (χ4n) is 2.08. The number of hydrogen-bond donors (Lipinski definition) is 1. The first-order valence-corrected chi connectivity index (χ1v) is 4.84. The molecule has 1 amide bonds. The molecule has 2 heterocycles. The van der Waals surface area contributed by atoms with E-state index in [1.807, 2.05) is 0 Å². The summed E-state index contributed by atoms with van der Waals surface area (Å²) < 4.78 is 4.87. The molecule has 0 bridgehead atoms. The average molecular weight is 184 g/mol. The molecule has 0 atom stereocenters. The van der Waals surface area contributed by atoms with Crippen LogP contribution in [0, 0.1) is 0 Å². The lowest BCUT2D eigenvalue weighted by Gasteiger charge is -2.43. The Morgan fingerprint density at radius 2 is 2.08 bits per heavy atom. The molecule has 13 heavy (non-hydrogen) atoms. The summed E-state index contributed by atoms with van der Waals surface area (Å²) in [5, 5.41) is 2.96. The number of amides is 1. The van der Waals surface area contributed by atoms with Gasteiger partial charge in [-0.05, 0) is 19.9 Å². The smallest absolute Gasteiger partial charge is 0.407 e. The molecule has 74 valence electrons. The number of likely N-dealkylation sites (tertiary alicyclic amines) is 1. The van der Waals surface area contributed by atoms with Crippen molar-refractivity contribution in [3.05, 3.63) is 0 Å². The zero-order chi connectivity index (χ0) is 9.31. The van der Waals surface area contributed by atoms with Crippen LogP contribution in [0.2, 0.25) is 0 Å². The molecule has 1 N–H and O–H groups in total. The molecule has 2 rings (SSSR count). The van der Waals surface area contributed by atoms with Gasteiger partial charge < -0.3 is 15.0 Å². The highest BCUT2D eigenvalue weighted by Crippen LogP contribution is 2.27. The van der Waals surface area contributed by atoms with Gasteiger partial charge in [-0.25, -0.2) is 4.79 Å². The highest BCUT2D eigenvalue weighted by molar-refractivity contribution is 5.69. The Hall–Kier alpha value is -0.770. The van der Waals surface area contributed by atoms with Gasteiger partial charge in [-0.2, -0.15) is 0 Å². The summed E-state index contributed by atoms with van der Waals surface area (Å²) in [6, 6.07) is 0. The number of carbonyl (C=O) groups is 1. The van der Waals surface area contributed by atoms with Gasteiger partial charge in [-0.1, -0.05) is 0 Å². The van der Waals surface area contributed by atoms with Crippen LogP contribution in [0.1, 0.15) is 19.3 Å². The molecule has 2 fully saturated rings. The molecule has 0 aromatic rings. The zero-order valence-electron chi connectivity index (χ0n) is 8.01. The van der Waals surface area contributed by atoms with Gasteiger partial charge in [0, 0.05) is 25.0 Å². The standard InChI is InChI=1S/C9H16N2O2/c1-11-5-2-9(3-6-11)4-7-13-8(12)10-9/h2-7H2,1H3,(H,10,12). The molecule has 4 heteroatoms. The second-order valence-corrected chi connectivity index (χ2v) is 4.09. The lowest BCUT2D eigenvalue weighted by Crippen LogP contribution is -2.58. The Balaban J connectivity index is 1.99. The highest BCUT2D eigenvalue weighted by atomic mass is 16.6.